The summed E-state index contributed by atoms with van der Waals surface area (Å²) >= 11 is 0. The van der Waals surface area contributed by atoms with Crippen LogP contribution in [0.3, 0.4) is 0 Å². The second-order valence-electron chi connectivity index (χ2n) is 6.53. The molecule has 2 heterocycles. The Bertz CT molecular complexity index is 692. The smallest absolute Gasteiger partial charge is 0.261 e. The molecule has 3 rings (SSSR count). The van der Waals surface area contributed by atoms with Gasteiger partial charge in [0.1, 0.15) is 0 Å². The number of aryl methyl sites for hydroxylation is 1. The molecule has 4 nitrogen and oxygen atoms in total. The van der Waals surface area contributed by atoms with Crippen LogP contribution in [-0.4, -0.2) is 33.1 Å². The van der Waals surface area contributed by atoms with Gasteiger partial charge in [0.15, 0.2) is 0 Å². The van der Waals surface area contributed by atoms with Gasteiger partial charge in [0.2, 0.25) is 0 Å². The van der Waals surface area contributed by atoms with E-state index in [1.54, 1.807) is 10.9 Å². The van der Waals surface area contributed by atoms with Crippen LogP contribution in [0.1, 0.15) is 39.5 Å². The van der Waals surface area contributed by atoms with Gasteiger partial charge in [-0.1, -0.05) is 18.6 Å². The van der Waals surface area contributed by atoms with Crippen molar-refractivity contribution in [3.05, 3.63) is 40.9 Å². The normalized spacial score (nSPS) is 19.9. The summed E-state index contributed by atoms with van der Waals surface area (Å²) in [7, 11) is 0. The molecule has 4 heteroatoms. The molecule has 1 saturated heterocycles. The molecule has 0 amide bonds. The number of rotatable bonds is 4. The quantitative estimate of drug-likeness (QED) is 0.871. The number of hydrogen-bond donors (Lipinski definition) is 0. The minimum Gasteiger partial charge on any atom is -0.299 e. The molecule has 2 aromatic rings. The molecule has 1 unspecified atom stereocenters. The van der Waals surface area contributed by atoms with E-state index in [2.05, 4.69) is 23.7 Å². The highest BCUT2D eigenvalue weighted by atomic mass is 16.1. The summed E-state index contributed by atoms with van der Waals surface area (Å²) in [5.41, 5.74) is 0.864. The average Bonchev–Trinajstić information content (AvgIpc) is 2.55. The number of hydrogen-bond acceptors (Lipinski definition) is 3. The molecule has 1 aliphatic heterocycles. The van der Waals surface area contributed by atoms with Crippen molar-refractivity contribution in [2.45, 2.75) is 58.2 Å². The van der Waals surface area contributed by atoms with Gasteiger partial charge in [-0.15, -0.1) is 0 Å². The highest BCUT2D eigenvalue weighted by Gasteiger charge is 2.24. The van der Waals surface area contributed by atoms with Gasteiger partial charge in [-0.05, 0) is 51.8 Å². The van der Waals surface area contributed by atoms with Gasteiger partial charge in [-0.2, -0.15) is 0 Å². The summed E-state index contributed by atoms with van der Waals surface area (Å²) in [4.78, 5) is 19.5. The molecule has 0 aliphatic carbocycles. The summed E-state index contributed by atoms with van der Waals surface area (Å²) in [6.07, 6.45) is 6.57. The number of aromatic nitrogens is 2. The lowest BCUT2D eigenvalue weighted by Crippen LogP contribution is -2.44. The van der Waals surface area contributed by atoms with Gasteiger partial charge in [0, 0.05) is 18.6 Å². The average molecular weight is 299 g/mol. The van der Waals surface area contributed by atoms with Crippen LogP contribution < -0.4 is 5.56 Å². The Morgan fingerprint density at radius 1 is 1.27 bits per heavy atom. The van der Waals surface area contributed by atoms with E-state index in [1.165, 1.54) is 25.8 Å². The number of para-hydroxylation sites is 1. The van der Waals surface area contributed by atoms with Gasteiger partial charge >= 0.3 is 0 Å². The van der Waals surface area contributed by atoms with Crippen LogP contribution in [0.2, 0.25) is 0 Å². The van der Waals surface area contributed by atoms with Gasteiger partial charge in [-0.3, -0.25) is 14.3 Å². The van der Waals surface area contributed by atoms with E-state index in [0.717, 1.165) is 18.5 Å². The maximum absolute atomic E-state index is 12.5. The number of piperidine rings is 1. The molecular weight excluding hydrogens is 274 g/mol. The van der Waals surface area contributed by atoms with Gasteiger partial charge < -0.3 is 0 Å². The Morgan fingerprint density at radius 3 is 2.91 bits per heavy atom. The zero-order valence-corrected chi connectivity index (χ0v) is 13.5. The van der Waals surface area contributed by atoms with Crippen molar-refractivity contribution < 1.29 is 0 Å². The molecule has 22 heavy (non-hydrogen) atoms. The van der Waals surface area contributed by atoms with Crippen molar-refractivity contribution in [1.82, 2.24) is 14.5 Å². The molecule has 1 aliphatic rings. The molecular formula is C18H25N3O. The van der Waals surface area contributed by atoms with Crippen LogP contribution in [-0.2, 0) is 6.54 Å². The second-order valence-corrected chi connectivity index (χ2v) is 6.53. The third kappa shape index (κ3) is 3.07. The summed E-state index contributed by atoms with van der Waals surface area (Å²) in [5, 5.41) is 0.717. The molecule has 0 saturated carbocycles. The third-order valence-corrected chi connectivity index (χ3v) is 4.77. The van der Waals surface area contributed by atoms with E-state index in [4.69, 9.17) is 0 Å². The van der Waals surface area contributed by atoms with E-state index < -0.39 is 0 Å². The van der Waals surface area contributed by atoms with Gasteiger partial charge in [-0.25, -0.2) is 4.98 Å². The van der Waals surface area contributed by atoms with Crippen molar-refractivity contribution in [2.24, 2.45) is 0 Å². The maximum Gasteiger partial charge on any atom is 0.261 e. The van der Waals surface area contributed by atoms with Crippen molar-refractivity contribution >= 4 is 10.9 Å². The molecule has 0 radical (unpaired) electrons. The van der Waals surface area contributed by atoms with E-state index in [-0.39, 0.29) is 5.56 Å². The highest BCUT2D eigenvalue weighted by Crippen LogP contribution is 2.22. The minimum absolute atomic E-state index is 0.0810. The largest absolute Gasteiger partial charge is 0.299 e. The topological polar surface area (TPSA) is 38.1 Å². The highest BCUT2D eigenvalue weighted by molar-refractivity contribution is 5.76. The minimum atomic E-state index is 0.0810. The van der Waals surface area contributed by atoms with Crippen LogP contribution in [0.25, 0.3) is 10.9 Å². The molecule has 1 atom stereocenters. The Labute approximate surface area is 131 Å². The van der Waals surface area contributed by atoms with Crippen molar-refractivity contribution in [1.29, 1.82) is 0 Å². The van der Waals surface area contributed by atoms with Gasteiger partial charge in [0.05, 0.1) is 17.2 Å². The van der Waals surface area contributed by atoms with Crippen LogP contribution in [0.4, 0.5) is 0 Å². The Balaban J connectivity index is 1.76. The number of benzene rings is 1. The molecule has 1 aromatic heterocycles. The number of fused-ring (bicyclic) bond motifs is 1. The first-order valence-electron chi connectivity index (χ1n) is 8.37. The Kier molecular flexibility index (Phi) is 4.57. The van der Waals surface area contributed by atoms with Crippen LogP contribution in [0, 0.1) is 0 Å². The first-order chi connectivity index (χ1) is 10.7. The molecule has 0 bridgehead atoms. The van der Waals surface area contributed by atoms with E-state index in [1.807, 2.05) is 24.3 Å². The van der Waals surface area contributed by atoms with E-state index >= 15 is 0 Å². The lowest BCUT2D eigenvalue weighted by molar-refractivity contribution is 0.102. The van der Waals surface area contributed by atoms with Crippen LogP contribution in [0.5, 0.6) is 0 Å². The summed E-state index contributed by atoms with van der Waals surface area (Å²) in [6, 6.07) is 8.74. The molecule has 1 aromatic carbocycles. The fourth-order valence-corrected chi connectivity index (χ4v) is 3.57. The fraction of sp³-hybridized carbons (Fsp3) is 0.556. The monoisotopic (exact) mass is 299 g/mol. The zero-order chi connectivity index (χ0) is 15.5. The van der Waals surface area contributed by atoms with Crippen LogP contribution >= 0.6 is 0 Å². The number of likely N-dealkylation sites (tertiary alicyclic amines) is 1. The predicted molar refractivity (Wildman–Crippen MR) is 90.1 cm³/mol. The molecule has 0 N–H and O–H groups in total. The van der Waals surface area contributed by atoms with E-state index in [0.29, 0.717) is 17.5 Å². The predicted octanol–water partition coefficient (Wildman–Crippen LogP) is 3.05. The summed E-state index contributed by atoms with van der Waals surface area (Å²) in [6.45, 7) is 6.47. The van der Waals surface area contributed by atoms with Crippen molar-refractivity contribution in [3.63, 3.8) is 0 Å². The fourth-order valence-electron chi connectivity index (χ4n) is 3.57. The summed E-state index contributed by atoms with van der Waals surface area (Å²) in [5.74, 6) is 0. The summed E-state index contributed by atoms with van der Waals surface area (Å²) < 4.78 is 1.77. The standard InChI is InChI=1S/C18H25N3O/c1-14(2)21-11-6-5-7-15(21)10-12-20-13-19-17-9-4-3-8-16(17)18(20)22/h3-4,8-9,13-15H,5-7,10-12H2,1-2H3. The first-order valence-corrected chi connectivity index (χ1v) is 8.37. The van der Waals surface area contributed by atoms with Crippen molar-refractivity contribution in [3.8, 4) is 0 Å². The molecule has 0 spiro atoms. The SMILES string of the molecule is CC(C)N1CCCCC1CCn1cnc2ccccc2c1=O. The lowest BCUT2D eigenvalue weighted by Gasteiger charge is -2.38. The molecule has 1 fully saturated rings. The van der Waals surface area contributed by atoms with E-state index in [9.17, 15) is 4.79 Å². The Hall–Kier alpha value is -1.68. The zero-order valence-electron chi connectivity index (χ0n) is 13.5. The molecule has 118 valence electrons. The number of nitrogens with zero attached hydrogens (tertiary/aromatic N) is 3. The van der Waals surface area contributed by atoms with Gasteiger partial charge in [0.25, 0.3) is 5.56 Å². The van der Waals surface area contributed by atoms with Crippen LogP contribution in [0.15, 0.2) is 35.4 Å². The maximum atomic E-state index is 12.5. The third-order valence-electron chi connectivity index (χ3n) is 4.77. The second kappa shape index (κ2) is 6.61. The van der Waals surface area contributed by atoms with Crippen molar-refractivity contribution in [2.75, 3.05) is 6.54 Å². The first kappa shape index (κ1) is 15.2. The lowest BCUT2D eigenvalue weighted by atomic mass is 9.97. The Morgan fingerprint density at radius 2 is 2.09 bits per heavy atom.